The quantitative estimate of drug-likeness (QED) is 0.920. The van der Waals surface area contributed by atoms with Gasteiger partial charge in [0.2, 0.25) is 0 Å². The highest BCUT2D eigenvalue weighted by Gasteiger charge is 2.22. The molecular weight excluding hydrogens is 272 g/mol. The maximum absolute atomic E-state index is 9.06. The van der Waals surface area contributed by atoms with Gasteiger partial charge >= 0.3 is 0 Å². The normalized spacial score (nSPS) is 18.0. The summed E-state index contributed by atoms with van der Waals surface area (Å²) in [6, 6.07) is 16.5. The SMILES string of the molecule is N#Cc1ncccc1NCC1CCN(Cc2ccccc2)C1. The van der Waals surface area contributed by atoms with Gasteiger partial charge in [0.15, 0.2) is 5.69 Å². The summed E-state index contributed by atoms with van der Waals surface area (Å²) in [6.07, 6.45) is 2.85. The van der Waals surface area contributed by atoms with Gasteiger partial charge in [-0.1, -0.05) is 30.3 Å². The highest BCUT2D eigenvalue weighted by Crippen LogP contribution is 2.20. The second-order valence-corrected chi connectivity index (χ2v) is 5.77. The van der Waals surface area contributed by atoms with E-state index in [0.717, 1.165) is 31.9 Å². The Morgan fingerprint density at radius 3 is 2.91 bits per heavy atom. The molecule has 0 bridgehead atoms. The standard InChI is InChI=1S/C18H20N4/c19-11-18-17(7-4-9-20-18)21-12-16-8-10-22(14-16)13-15-5-2-1-3-6-15/h1-7,9,16,21H,8,10,12-14H2. The Labute approximate surface area is 131 Å². The average molecular weight is 292 g/mol. The van der Waals surface area contributed by atoms with E-state index in [9.17, 15) is 0 Å². The van der Waals surface area contributed by atoms with Gasteiger partial charge in [-0.2, -0.15) is 5.26 Å². The number of pyridine rings is 1. The third kappa shape index (κ3) is 3.63. The van der Waals surface area contributed by atoms with Crippen LogP contribution in [0.1, 0.15) is 17.7 Å². The summed E-state index contributed by atoms with van der Waals surface area (Å²) in [5.41, 5.74) is 2.68. The van der Waals surface area contributed by atoms with Crippen molar-refractivity contribution in [2.45, 2.75) is 13.0 Å². The van der Waals surface area contributed by atoms with Crippen molar-refractivity contribution in [3.8, 4) is 6.07 Å². The topological polar surface area (TPSA) is 52.0 Å². The first-order valence-electron chi connectivity index (χ1n) is 7.70. The van der Waals surface area contributed by atoms with Crippen LogP contribution in [0.4, 0.5) is 5.69 Å². The lowest BCUT2D eigenvalue weighted by atomic mass is 10.1. The van der Waals surface area contributed by atoms with E-state index in [4.69, 9.17) is 5.26 Å². The van der Waals surface area contributed by atoms with E-state index in [1.807, 2.05) is 12.1 Å². The Kier molecular flexibility index (Phi) is 4.67. The summed E-state index contributed by atoms with van der Waals surface area (Å²) in [7, 11) is 0. The molecule has 1 fully saturated rings. The van der Waals surface area contributed by atoms with E-state index >= 15 is 0 Å². The number of nitrogens with zero attached hydrogens (tertiary/aromatic N) is 3. The Morgan fingerprint density at radius 1 is 1.23 bits per heavy atom. The fourth-order valence-corrected chi connectivity index (χ4v) is 2.96. The molecule has 0 aliphatic carbocycles. The van der Waals surface area contributed by atoms with Crippen LogP contribution in [0.5, 0.6) is 0 Å². The van der Waals surface area contributed by atoms with Gasteiger partial charge in [0, 0.05) is 25.8 Å². The molecule has 2 heterocycles. The molecule has 22 heavy (non-hydrogen) atoms. The molecule has 0 saturated carbocycles. The van der Waals surface area contributed by atoms with Crippen molar-refractivity contribution in [3.63, 3.8) is 0 Å². The van der Waals surface area contributed by atoms with Gasteiger partial charge in [-0.3, -0.25) is 4.90 Å². The Bertz CT molecular complexity index is 648. The zero-order valence-electron chi connectivity index (χ0n) is 12.6. The van der Waals surface area contributed by atoms with Crippen molar-refractivity contribution in [2.24, 2.45) is 5.92 Å². The molecular formula is C18H20N4. The average Bonchev–Trinajstić information content (AvgIpc) is 3.01. The van der Waals surface area contributed by atoms with Crippen LogP contribution in [0.3, 0.4) is 0 Å². The molecule has 4 nitrogen and oxygen atoms in total. The molecule has 0 amide bonds. The minimum absolute atomic E-state index is 0.474. The monoisotopic (exact) mass is 292 g/mol. The fraction of sp³-hybridized carbons (Fsp3) is 0.333. The van der Waals surface area contributed by atoms with E-state index < -0.39 is 0 Å². The van der Waals surface area contributed by atoms with Crippen LogP contribution in [-0.4, -0.2) is 29.5 Å². The summed E-state index contributed by atoms with van der Waals surface area (Å²) in [4.78, 5) is 6.58. The van der Waals surface area contributed by atoms with Gasteiger partial charge in [0.05, 0.1) is 5.69 Å². The van der Waals surface area contributed by atoms with Crippen LogP contribution in [0.15, 0.2) is 48.7 Å². The van der Waals surface area contributed by atoms with Crippen molar-refractivity contribution < 1.29 is 0 Å². The van der Waals surface area contributed by atoms with Crippen molar-refractivity contribution in [1.29, 1.82) is 5.26 Å². The fourth-order valence-electron chi connectivity index (χ4n) is 2.96. The molecule has 1 aliphatic rings. The first-order valence-corrected chi connectivity index (χ1v) is 7.70. The maximum atomic E-state index is 9.06. The number of hydrogen-bond acceptors (Lipinski definition) is 4. The van der Waals surface area contributed by atoms with Gasteiger partial charge < -0.3 is 5.32 Å². The second kappa shape index (κ2) is 7.06. The molecule has 1 atom stereocenters. The number of likely N-dealkylation sites (tertiary alicyclic amines) is 1. The van der Waals surface area contributed by atoms with Gasteiger partial charge in [0.1, 0.15) is 6.07 Å². The van der Waals surface area contributed by atoms with Gasteiger partial charge in [-0.15, -0.1) is 0 Å². The number of nitrogens with one attached hydrogen (secondary N) is 1. The highest BCUT2D eigenvalue weighted by molar-refractivity contribution is 5.53. The molecule has 4 heteroatoms. The first-order chi connectivity index (χ1) is 10.8. The number of hydrogen-bond donors (Lipinski definition) is 1. The predicted molar refractivity (Wildman–Crippen MR) is 87.3 cm³/mol. The summed E-state index contributed by atoms with van der Waals surface area (Å²) in [5, 5.41) is 12.4. The van der Waals surface area contributed by atoms with Crippen molar-refractivity contribution in [1.82, 2.24) is 9.88 Å². The maximum Gasteiger partial charge on any atom is 0.163 e. The first kappa shape index (κ1) is 14.6. The Morgan fingerprint density at radius 2 is 2.09 bits per heavy atom. The second-order valence-electron chi connectivity index (χ2n) is 5.77. The smallest absolute Gasteiger partial charge is 0.163 e. The molecule has 1 unspecified atom stereocenters. The third-order valence-electron chi connectivity index (χ3n) is 4.11. The van der Waals surface area contributed by atoms with Crippen LogP contribution in [-0.2, 0) is 6.54 Å². The minimum atomic E-state index is 0.474. The molecule has 0 radical (unpaired) electrons. The summed E-state index contributed by atoms with van der Waals surface area (Å²) in [6.45, 7) is 4.16. The number of anilines is 1. The number of benzene rings is 1. The molecule has 1 aromatic carbocycles. The van der Waals surface area contributed by atoms with Crippen LogP contribution in [0, 0.1) is 17.2 Å². The van der Waals surface area contributed by atoms with E-state index in [1.165, 1.54) is 12.0 Å². The lowest BCUT2D eigenvalue weighted by Gasteiger charge is -2.17. The molecule has 2 aromatic rings. The molecule has 1 aliphatic heterocycles. The molecule has 1 aromatic heterocycles. The van der Waals surface area contributed by atoms with E-state index in [-0.39, 0.29) is 0 Å². The van der Waals surface area contributed by atoms with Crippen LogP contribution >= 0.6 is 0 Å². The number of aromatic nitrogens is 1. The zero-order chi connectivity index (χ0) is 15.2. The molecule has 0 spiro atoms. The van der Waals surface area contributed by atoms with Crippen LogP contribution in [0.2, 0.25) is 0 Å². The Balaban J connectivity index is 1.50. The van der Waals surface area contributed by atoms with Crippen molar-refractivity contribution in [3.05, 3.63) is 59.9 Å². The van der Waals surface area contributed by atoms with Gasteiger partial charge in [-0.05, 0) is 36.6 Å². The lowest BCUT2D eigenvalue weighted by molar-refractivity contribution is 0.319. The summed E-state index contributed by atoms with van der Waals surface area (Å²) < 4.78 is 0. The highest BCUT2D eigenvalue weighted by atomic mass is 15.1. The van der Waals surface area contributed by atoms with Crippen LogP contribution < -0.4 is 5.32 Å². The summed E-state index contributed by atoms with van der Waals surface area (Å²) in [5.74, 6) is 0.621. The van der Waals surface area contributed by atoms with Gasteiger partial charge in [0.25, 0.3) is 0 Å². The largest absolute Gasteiger partial charge is 0.382 e. The predicted octanol–water partition coefficient (Wildman–Crippen LogP) is 2.89. The van der Waals surface area contributed by atoms with E-state index in [2.05, 4.69) is 51.6 Å². The Hall–Kier alpha value is -2.38. The summed E-state index contributed by atoms with van der Waals surface area (Å²) >= 11 is 0. The minimum Gasteiger partial charge on any atom is -0.382 e. The van der Waals surface area contributed by atoms with Crippen LogP contribution in [0.25, 0.3) is 0 Å². The molecule has 1 saturated heterocycles. The van der Waals surface area contributed by atoms with Gasteiger partial charge in [-0.25, -0.2) is 4.98 Å². The molecule has 3 rings (SSSR count). The molecule has 1 N–H and O–H groups in total. The third-order valence-corrected chi connectivity index (χ3v) is 4.11. The van der Waals surface area contributed by atoms with Crippen molar-refractivity contribution >= 4 is 5.69 Å². The van der Waals surface area contributed by atoms with E-state index in [0.29, 0.717) is 11.6 Å². The van der Waals surface area contributed by atoms with E-state index in [1.54, 1.807) is 6.20 Å². The number of nitriles is 1. The number of rotatable bonds is 5. The van der Waals surface area contributed by atoms with Crippen molar-refractivity contribution in [2.75, 3.05) is 25.0 Å². The zero-order valence-corrected chi connectivity index (χ0v) is 12.6. The lowest BCUT2D eigenvalue weighted by Crippen LogP contribution is -2.22. The molecule has 112 valence electrons.